The van der Waals surface area contributed by atoms with Gasteiger partial charge in [0.15, 0.2) is 0 Å². The highest BCUT2D eigenvalue weighted by molar-refractivity contribution is 4.84. The quantitative estimate of drug-likeness (QED) is 0.809. The van der Waals surface area contributed by atoms with E-state index in [0.717, 1.165) is 19.4 Å². The van der Waals surface area contributed by atoms with Crippen LogP contribution in [-0.4, -0.2) is 24.3 Å². The number of hydrogen-bond donors (Lipinski definition) is 1. The third-order valence-electron chi connectivity index (χ3n) is 3.54. The van der Waals surface area contributed by atoms with Gasteiger partial charge in [0.05, 0.1) is 5.60 Å². The van der Waals surface area contributed by atoms with Crippen LogP contribution in [0.2, 0.25) is 0 Å². The van der Waals surface area contributed by atoms with Crippen LogP contribution < -0.4 is 5.32 Å². The van der Waals surface area contributed by atoms with E-state index >= 15 is 0 Å². The van der Waals surface area contributed by atoms with E-state index in [1.165, 1.54) is 12.8 Å². The summed E-state index contributed by atoms with van der Waals surface area (Å²) in [6, 6.07) is 1.25. The lowest BCUT2D eigenvalue weighted by Crippen LogP contribution is -2.46. The van der Waals surface area contributed by atoms with Crippen molar-refractivity contribution in [2.45, 2.75) is 84.9 Å². The second kappa shape index (κ2) is 5.71. The Morgan fingerprint density at radius 1 is 1.35 bits per heavy atom. The van der Waals surface area contributed by atoms with E-state index in [9.17, 15) is 0 Å². The molecule has 1 N–H and O–H groups in total. The average Bonchev–Trinajstić information content (AvgIpc) is 2.12. The fraction of sp³-hybridized carbons (Fsp3) is 1.00. The molecule has 1 fully saturated rings. The lowest BCUT2D eigenvalue weighted by molar-refractivity contribution is -0.0641. The summed E-state index contributed by atoms with van der Waals surface area (Å²) in [6.45, 7) is 14.6. The predicted octanol–water partition coefficient (Wildman–Crippen LogP) is 3.75. The summed E-state index contributed by atoms with van der Waals surface area (Å²) in [5.41, 5.74) is 0.505. The molecule has 0 aromatic heterocycles. The van der Waals surface area contributed by atoms with Crippen molar-refractivity contribution in [1.82, 2.24) is 5.32 Å². The summed E-state index contributed by atoms with van der Waals surface area (Å²) in [6.07, 6.45) is 4.84. The van der Waals surface area contributed by atoms with Crippen molar-refractivity contribution in [3.05, 3.63) is 0 Å². The number of nitrogens with one attached hydrogen (secondary N) is 1. The summed E-state index contributed by atoms with van der Waals surface area (Å²) in [5.74, 6) is 0. The van der Waals surface area contributed by atoms with Crippen molar-refractivity contribution in [2.24, 2.45) is 5.41 Å². The fourth-order valence-corrected chi connectivity index (χ4v) is 2.51. The van der Waals surface area contributed by atoms with Crippen molar-refractivity contribution in [2.75, 3.05) is 6.61 Å². The molecule has 1 rings (SSSR count). The zero-order chi connectivity index (χ0) is 13.1. The predicted molar refractivity (Wildman–Crippen MR) is 74.3 cm³/mol. The molecule has 2 atom stereocenters. The second-order valence-electron chi connectivity index (χ2n) is 7.46. The van der Waals surface area contributed by atoms with Gasteiger partial charge in [0, 0.05) is 18.7 Å². The van der Waals surface area contributed by atoms with Crippen LogP contribution >= 0.6 is 0 Å². The van der Waals surface area contributed by atoms with Crippen LogP contribution in [0.4, 0.5) is 0 Å². The summed E-state index contributed by atoms with van der Waals surface area (Å²) < 4.78 is 5.75. The van der Waals surface area contributed by atoms with E-state index in [1.807, 2.05) is 0 Å². The molecular weight excluding hydrogens is 210 g/mol. The van der Waals surface area contributed by atoms with E-state index in [4.69, 9.17) is 4.74 Å². The molecule has 0 saturated carbocycles. The molecule has 17 heavy (non-hydrogen) atoms. The molecule has 102 valence electrons. The molecule has 2 heteroatoms. The highest BCUT2D eigenvalue weighted by atomic mass is 16.5. The fourth-order valence-electron chi connectivity index (χ4n) is 2.51. The van der Waals surface area contributed by atoms with Gasteiger partial charge in [-0.05, 0) is 51.9 Å². The van der Waals surface area contributed by atoms with Gasteiger partial charge >= 0.3 is 0 Å². The average molecular weight is 241 g/mol. The minimum Gasteiger partial charge on any atom is -0.375 e. The van der Waals surface area contributed by atoms with Gasteiger partial charge in [0.25, 0.3) is 0 Å². The third kappa shape index (κ3) is 6.42. The van der Waals surface area contributed by atoms with Gasteiger partial charge in [-0.15, -0.1) is 0 Å². The molecule has 1 aliphatic heterocycles. The zero-order valence-corrected chi connectivity index (χ0v) is 12.6. The molecule has 1 saturated heterocycles. The van der Waals surface area contributed by atoms with Crippen LogP contribution in [0, 0.1) is 5.41 Å². The SMILES string of the molecule is CC(CCC(C)(C)C)NC1CCOC(C)(C)C1. The summed E-state index contributed by atoms with van der Waals surface area (Å²) >= 11 is 0. The molecule has 0 radical (unpaired) electrons. The van der Waals surface area contributed by atoms with Gasteiger partial charge in [-0.2, -0.15) is 0 Å². The van der Waals surface area contributed by atoms with Crippen molar-refractivity contribution in [1.29, 1.82) is 0 Å². The standard InChI is InChI=1S/C15H31NO/c1-12(7-9-14(2,3)4)16-13-8-10-17-15(5,6)11-13/h12-13,16H,7-11H2,1-6H3. The lowest BCUT2D eigenvalue weighted by Gasteiger charge is -2.37. The number of rotatable bonds is 4. The Bertz CT molecular complexity index is 230. The Morgan fingerprint density at radius 2 is 2.00 bits per heavy atom. The molecule has 0 aromatic rings. The van der Waals surface area contributed by atoms with Crippen LogP contribution in [0.5, 0.6) is 0 Å². The van der Waals surface area contributed by atoms with Crippen molar-refractivity contribution < 1.29 is 4.74 Å². The Hall–Kier alpha value is -0.0800. The Kier molecular flexibility index (Phi) is 5.03. The van der Waals surface area contributed by atoms with Gasteiger partial charge in [-0.25, -0.2) is 0 Å². The first kappa shape index (κ1) is 15.0. The maximum absolute atomic E-state index is 5.75. The van der Waals surface area contributed by atoms with Crippen molar-refractivity contribution in [3.8, 4) is 0 Å². The summed E-state index contributed by atoms with van der Waals surface area (Å²) in [4.78, 5) is 0. The normalized spacial score (nSPS) is 26.8. The highest BCUT2D eigenvalue weighted by Gasteiger charge is 2.29. The van der Waals surface area contributed by atoms with Crippen LogP contribution in [0.3, 0.4) is 0 Å². The molecule has 0 aromatic carbocycles. The zero-order valence-electron chi connectivity index (χ0n) is 12.6. The van der Waals surface area contributed by atoms with E-state index in [2.05, 4.69) is 46.9 Å². The molecule has 0 aliphatic carbocycles. The molecule has 0 spiro atoms. The van der Waals surface area contributed by atoms with Gasteiger partial charge in [0.2, 0.25) is 0 Å². The van der Waals surface area contributed by atoms with Crippen molar-refractivity contribution in [3.63, 3.8) is 0 Å². The molecule has 0 amide bonds. The topological polar surface area (TPSA) is 21.3 Å². The van der Waals surface area contributed by atoms with Gasteiger partial charge in [-0.3, -0.25) is 0 Å². The largest absolute Gasteiger partial charge is 0.375 e. The van der Waals surface area contributed by atoms with Crippen molar-refractivity contribution >= 4 is 0 Å². The minimum absolute atomic E-state index is 0.0552. The minimum atomic E-state index is 0.0552. The van der Waals surface area contributed by atoms with E-state index in [-0.39, 0.29) is 5.60 Å². The molecule has 1 heterocycles. The van der Waals surface area contributed by atoms with E-state index < -0.39 is 0 Å². The van der Waals surface area contributed by atoms with E-state index in [1.54, 1.807) is 0 Å². The number of ether oxygens (including phenoxy) is 1. The maximum atomic E-state index is 5.75. The first-order chi connectivity index (χ1) is 7.68. The molecule has 2 unspecified atom stereocenters. The maximum Gasteiger partial charge on any atom is 0.0641 e. The molecule has 1 aliphatic rings. The monoisotopic (exact) mass is 241 g/mol. The van der Waals surface area contributed by atoms with E-state index in [0.29, 0.717) is 17.5 Å². The van der Waals surface area contributed by atoms with Crippen LogP contribution in [-0.2, 0) is 4.74 Å². The Morgan fingerprint density at radius 3 is 2.53 bits per heavy atom. The van der Waals surface area contributed by atoms with Crippen LogP contribution in [0.25, 0.3) is 0 Å². The first-order valence-electron chi connectivity index (χ1n) is 7.08. The Labute approximate surface area is 108 Å². The van der Waals surface area contributed by atoms with Gasteiger partial charge < -0.3 is 10.1 Å². The summed E-state index contributed by atoms with van der Waals surface area (Å²) in [7, 11) is 0. The van der Waals surface area contributed by atoms with Crippen LogP contribution in [0.15, 0.2) is 0 Å². The highest BCUT2D eigenvalue weighted by Crippen LogP contribution is 2.25. The lowest BCUT2D eigenvalue weighted by atomic mass is 9.88. The molecule has 0 bridgehead atoms. The Balaban J connectivity index is 2.28. The van der Waals surface area contributed by atoms with Gasteiger partial charge in [-0.1, -0.05) is 20.8 Å². The third-order valence-corrected chi connectivity index (χ3v) is 3.54. The summed E-state index contributed by atoms with van der Waals surface area (Å²) in [5, 5.41) is 3.77. The van der Waals surface area contributed by atoms with Gasteiger partial charge in [0.1, 0.15) is 0 Å². The molecular formula is C15H31NO. The molecule has 2 nitrogen and oxygen atoms in total. The smallest absolute Gasteiger partial charge is 0.0641 e. The van der Waals surface area contributed by atoms with Crippen LogP contribution in [0.1, 0.15) is 67.2 Å². The first-order valence-corrected chi connectivity index (χ1v) is 7.08. The number of hydrogen-bond acceptors (Lipinski definition) is 2. The second-order valence-corrected chi connectivity index (χ2v) is 7.46.